The van der Waals surface area contributed by atoms with Gasteiger partial charge in [-0.25, -0.2) is 4.79 Å². The van der Waals surface area contributed by atoms with Crippen molar-refractivity contribution < 1.29 is 19.2 Å². The van der Waals surface area contributed by atoms with Crippen molar-refractivity contribution in [3.05, 3.63) is 11.7 Å². The van der Waals surface area contributed by atoms with Crippen LogP contribution in [0.15, 0.2) is 11.7 Å². The number of carboxylic acid groups (broad SMARTS) is 1. The predicted octanol–water partition coefficient (Wildman–Crippen LogP) is 3.69. The zero-order valence-corrected chi connectivity index (χ0v) is 14.8. The quantitative estimate of drug-likeness (QED) is 0.751. The monoisotopic (exact) mass is 309 g/mol. The molecule has 0 radical (unpaired) electrons. The first kappa shape index (κ1) is 17.4. The van der Waals surface area contributed by atoms with Crippen LogP contribution >= 0.6 is 0 Å². The second-order valence-electron chi connectivity index (χ2n) is 8.40. The topological polar surface area (TPSA) is 59.0 Å². The molecule has 1 atom stereocenters. The maximum absolute atomic E-state index is 11.6. The highest BCUT2D eigenvalue weighted by atomic mass is 16.7. The Balaban J connectivity index is 2.26. The van der Waals surface area contributed by atoms with E-state index in [0.717, 1.165) is 18.3 Å². The molecule has 1 saturated heterocycles. The molecule has 1 unspecified atom stereocenters. The van der Waals surface area contributed by atoms with Crippen molar-refractivity contribution >= 4 is 13.2 Å². The summed E-state index contributed by atoms with van der Waals surface area (Å²) >= 11 is 0. The molecule has 22 heavy (non-hydrogen) atoms. The lowest BCUT2D eigenvalue weighted by Crippen LogP contribution is -2.47. The minimum Gasteiger partial charge on any atom is -0.465 e. The van der Waals surface area contributed by atoms with Crippen LogP contribution in [-0.4, -0.2) is 40.5 Å². The molecule has 5 nitrogen and oxygen atoms in total. The number of hydrogen-bond donors (Lipinski definition) is 1. The summed E-state index contributed by atoms with van der Waals surface area (Å²) in [5.41, 5.74) is -0.0152. The Hall–Kier alpha value is -1.01. The molecule has 2 aliphatic heterocycles. The number of nitrogens with zero attached hydrogens (tertiary/aromatic N) is 1. The first-order chi connectivity index (χ1) is 9.85. The number of carbonyl (C=O) groups is 1. The number of amides is 1. The first-order valence-corrected chi connectivity index (χ1v) is 7.93. The second kappa shape index (κ2) is 5.27. The summed E-state index contributed by atoms with van der Waals surface area (Å²) in [6, 6.07) is -0.0313. The van der Waals surface area contributed by atoms with Gasteiger partial charge in [-0.1, -0.05) is 20.8 Å². The van der Waals surface area contributed by atoms with Crippen molar-refractivity contribution in [3.63, 3.8) is 0 Å². The van der Waals surface area contributed by atoms with Gasteiger partial charge < -0.3 is 14.4 Å². The molecule has 0 bridgehead atoms. The van der Waals surface area contributed by atoms with E-state index in [9.17, 15) is 9.90 Å². The molecule has 2 heterocycles. The Kier molecular flexibility index (Phi) is 4.16. The fourth-order valence-corrected chi connectivity index (χ4v) is 2.99. The van der Waals surface area contributed by atoms with Crippen LogP contribution in [0.5, 0.6) is 0 Å². The predicted molar refractivity (Wildman–Crippen MR) is 86.5 cm³/mol. The van der Waals surface area contributed by atoms with E-state index >= 15 is 0 Å². The van der Waals surface area contributed by atoms with Crippen molar-refractivity contribution in [1.29, 1.82) is 0 Å². The van der Waals surface area contributed by atoms with Gasteiger partial charge in [-0.3, -0.25) is 4.90 Å². The zero-order chi connectivity index (χ0) is 16.9. The molecule has 1 N–H and O–H groups in total. The molecule has 0 aromatic carbocycles. The lowest BCUT2D eigenvalue weighted by atomic mass is 9.71. The molecule has 0 aliphatic carbocycles. The number of hydrogen-bond acceptors (Lipinski definition) is 3. The molecule has 1 fully saturated rings. The third-order valence-electron chi connectivity index (χ3n) is 5.12. The van der Waals surface area contributed by atoms with Gasteiger partial charge in [0.15, 0.2) is 0 Å². The SMILES string of the molecule is CC(C)(C)C1CCC(B2OC(C)(C)C(C)(C)O2)=CN1C(=O)O. The fraction of sp³-hybridized carbons (Fsp3) is 0.812. The van der Waals surface area contributed by atoms with Gasteiger partial charge in [0.05, 0.1) is 11.2 Å². The Bertz CT molecular complexity index is 477. The highest BCUT2D eigenvalue weighted by molar-refractivity contribution is 6.54. The molecule has 0 aromatic rings. The average Bonchev–Trinajstić information content (AvgIpc) is 2.56. The Morgan fingerprint density at radius 2 is 1.77 bits per heavy atom. The van der Waals surface area contributed by atoms with E-state index in [-0.39, 0.29) is 11.5 Å². The van der Waals surface area contributed by atoms with Crippen LogP contribution in [0.1, 0.15) is 61.3 Å². The van der Waals surface area contributed by atoms with Crippen molar-refractivity contribution in [2.45, 2.75) is 78.6 Å². The summed E-state index contributed by atoms with van der Waals surface area (Å²) < 4.78 is 12.1. The third-order valence-corrected chi connectivity index (χ3v) is 5.12. The van der Waals surface area contributed by atoms with E-state index in [4.69, 9.17) is 9.31 Å². The molecule has 6 heteroatoms. The molecular weight excluding hydrogens is 281 g/mol. The Labute approximate surface area is 133 Å². The summed E-state index contributed by atoms with van der Waals surface area (Å²) in [6.45, 7) is 14.2. The highest BCUT2D eigenvalue weighted by Gasteiger charge is 2.53. The standard InChI is InChI=1S/C16H28BNO4/c1-14(2,3)12-9-8-11(10-18(12)13(19)20)17-21-15(4,5)16(6,7)22-17/h10,12H,8-9H2,1-7H3,(H,19,20). The van der Waals surface area contributed by atoms with Gasteiger partial charge in [-0.15, -0.1) is 0 Å². The van der Waals surface area contributed by atoms with E-state index in [1.165, 1.54) is 4.90 Å². The van der Waals surface area contributed by atoms with Crippen LogP contribution in [0, 0.1) is 5.41 Å². The first-order valence-electron chi connectivity index (χ1n) is 7.93. The van der Waals surface area contributed by atoms with Crippen LogP contribution < -0.4 is 0 Å². The van der Waals surface area contributed by atoms with Crippen molar-refractivity contribution in [1.82, 2.24) is 4.90 Å². The lowest BCUT2D eigenvalue weighted by Gasteiger charge is -2.40. The summed E-state index contributed by atoms with van der Waals surface area (Å²) in [7, 11) is -0.465. The minimum absolute atomic E-state index is 0.0313. The smallest absolute Gasteiger partial charge is 0.465 e. The van der Waals surface area contributed by atoms with E-state index in [1.807, 2.05) is 27.7 Å². The minimum atomic E-state index is -0.923. The molecule has 2 rings (SSSR count). The molecule has 0 spiro atoms. The maximum Gasteiger partial charge on any atom is 0.492 e. The van der Waals surface area contributed by atoms with Gasteiger partial charge in [0.2, 0.25) is 0 Å². The lowest BCUT2D eigenvalue weighted by molar-refractivity contribution is 0.00578. The van der Waals surface area contributed by atoms with Gasteiger partial charge in [-0.2, -0.15) is 0 Å². The highest BCUT2D eigenvalue weighted by Crippen LogP contribution is 2.41. The van der Waals surface area contributed by atoms with Crippen molar-refractivity contribution in [3.8, 4) is 0 Å². The van der Waals surface area contributed by atoms with E-state index in [2.05, 4.69) is 20.8 Å². The summed E-state index contributed by atoms with van der Waals surface area (Å²) in [4.78, 5) is 13.0. The molecule has 124 valence electrons. The normalized spacial score (nSPS) is 27.8. The van der Waals surface area contributed by atoms with Gasteiger partial charge in [-0.05, 0) is 51.4 Å². The largest absolute Gasteiger partial charge is 0.492 e. The molecule has 2 aliphatic rings. The molecule has 0 aromatic heterocycles. The number of allylic oxidation sites excluding steroid dienone is 1. The zero-order valence-electron chi connectivity index (χ0n) is 14.8. The van der Waals surface area contributed by atoms with Crippen LogP contribution in [-0.2, 0) is 9.31 Å². The second-order valence-corrected chi connectivity index (χ2v) is 8.40. The van der Waals surface area contributed by atoms with Gasteiger partial charge in [0.1, 0.15) is 0 Å². The van der Waals surface area contributed by atoms with Gasteiger partial charge in [0.25, 0.3) is 0 Å². The van der Waals surface area contributed by atoms with Crippen LogP contribution in [0.3, 0.4) is 0 Å². The summed E-state index contributed by atoms with van der Waals surface area (Å²) in [5.74, 6) is 0. The number of rotatable bonds is 1. The summed E-state index contributed by atoms with van der Waals surface area (Å²) in [6.07, 6.45) is 2.37. The summed E-state index contributed by atoms with van der Waals surface area (Å²) in [5, 5.41) is 9.54. The van der Waals surface area contributed by atoms with Crippen LogP contribution in [0.25, 0.3) is 0 Å². The molecule has 1 amide bonds. The van der Waals surface area contributed by atoms with E-state index in [1.54, 1.807) is 6.20 Å². The van der Waals surface area contributed by atoms with E-state index in [0.29, 0.717) is 0 Å². The van der Waals surface area contributed by atoms with Crippen molar-refractivity contribution in [2.75, 3.05) is 0 Å². The fourth-order valence-electron chi connectivity index (χ4n) is 2.99. The molecule has 0 saturated carbocycles. The Morgan fingerprint density at radius 1 is 1.27 bits per heavy atom. The van der Waals surface area contributed by atoms with Gasteiger partial charge in [0, 0.05) is 12.2 Å². The average molecular weight is 309 g/mol. The van der Waals surface area contributed by atoms with Crippen molar-refractivity contribution in [2.24, 2.45) is 5.41 Å². The Morgan fingerprint density at radius 3 is 2.18 bits per heavy atom. The van der Waals surface area contributed by atoms with Crippen LogP contribution in [0.2, 0.25) is 0 Å². The van der Waals surface area contributed by atoms with E-state index < -0.39 is 24.4 Å². The third kappa shape index (κ3) is 3.04. The van der Waals surface area contributed by atoms with Gasteiger partial charge >= 0.3 is 13.2 Å². The van der Waals surface area contributed by atoms with Crippen LogP contribution in [0.4, 0.5) is 4.79 Å². The maximum atomic E-state index is 11.6. The molecular formula is C16H28BNO4.